The summed E-state index contributed by atoms with van der Waals surface area (Å²) in [6.07, 6.45) is -0.431. The van der Waals surface area contributed by atoms with Gasteiger partial charge in [0.2, 0.25) is 0 Å². The van der Waals surface area contributed by atoms with Crippen molar-refractivity contribution in [2.24, 2.45) is 0 Å². The molecule has 0 amide bonds. The first-order chi connectivity index (χ1) is 7.56. The second-order valence-electron chi connectivity index (χ2n) is 4.28. The molecule has 1 atom stereocenters. The Morgan fingerprint density at radius 1 is 1.12 bits per heavy atom. The molecule has 1 rings (SSSR count). The van der Waals surface area contributed by atoms with E-state index in [1.807, 2.05) is 24.3 Å². The summed E-state index contributed by atoms with van der Waals surface area (Å²) in [4.78, 5) is 2.13. The minimum absolute atomic E-state index is 0.149. The van der Waals surface area contributed by atoms with E-state index in [4.69, 9.17) is 5.11 Å². The molecule has 16 heavy (non-hydrogen) atoms. The maximum atomic E-state index is 9.41. The van der Waals surface area contributed by atoms with Crippen molar-refractivity contribution in [1.29, 1.82) is 0 Å². The van der Waals surface area contributed by atoms with Crippen LogP contribution in [0.5, 0.6) is 0 Å². The third kappa shape index (κ3) is 3.22. The zero-order chi connectivity index (χ0) is 12.1. The average molecular weight is 223 g/mol. The maximum Gasteiger partial charge on any atom is 0.0761 e. The van der Waals surface area contributed by atoms with Crippen molar-refractivity contribution < 1.29 is 10.2 Å². The largest absolute Gasteiger partial charge is 0.395 e. The van der Waals surface area contributed by atoms with Crippen molar-refractivity contribution in [1.82, 2.24) is 0 Å². The predicted molar refractivity (Wildman–Crippen MR) is 66.6 cm³/mol. The van der Waals surface area contributed by atoms with Crippen LogP contribution in [0.15, 0.2) is 24.3 Å². The van der Waals surface area contributed by atoms with E-state index in [9.17, 15) is 5.11 Å². The van der Waals surface area contributed by atoms with Gasteiger partial charge in [0.15, 0.2) is 0 Å². The monoisotopic (exact) mass is 223 g/mol. The van der Waals surface area contributed by atoms with Crippen LogP contribution < -0.4 is 4.90 Å². The van der Waals surface area contributed by atoms with Gasteiger partial charge in [0, 0.05) is 18.3 Å². The van der Waals surface area contributed by atoms with Crippen LogP contribution >= 0.6 is 0 Å². The van der Waals surface area contributed by atoms with Crippen LogP contribution in [0.4, 0.5) is 5.69 Å². The van der Waals surface area contributed by atoms with Crippen molar-refractivity contribution in [3.8, 4) is 0 Å². The normalized spacial score (nSPS) is 12.9. The molecule has 0 aliphatic heterocycles. The van der Waals surface area contributed by atoms with Crippen LogP contribution in [0.3, 0.4) is 0 Å². The Morgan fingerprint density at radius 3 is 2.06 bits per heavy atom. The summed E-state index contributed by atoms with van der Waals surface area (Å²) in [6.45, 7) is 6.72. The van der Waals surface area contributed by atoms with E-state index in [0.717, 1.165) is 11.3 Å². The minimum Gasteiger partial charge on any atom is -0.395 e. The molecule has 0 aliphatic carbocycles. The number of aliphatic hydroxyl groups excluding tert-OH is 2. The lowest BCUT2D eigenvalue weighted by molar-refractivity contribution is 0.199. The molecule has 90 valence electrons. The first-order valence-corrected chi connectivity index (χ1v) is 5.71. The molecule has 0 spiro atoms. The third-order valence-corrected chi connectivity index (χ3v) is 2.67. The van der Waals surface area contributed by atoms with Gasteiger partial charge < -0.3 is 15.1 Å². The predicted octanol–water partition coefficient (Wildman–Crippen LogP) is 1.95. The fourth-order valence-electron chi connectivity index (χ4n) is 1.74. The van der Waals surface area contributed by atoms with Gasteiger partial charge in [-0.05, 0) is 38.5 Å². The summed E-state index contributed by atoms with van der Waals surface area (Å²) in [5.74, 6) is 0. The third-order valence-electron chi connectivity index (χ3n) is 2.67. The quantitative estimate of drug-likeness (QED) is 0.802. The van der Waals surface area contributed by atoms with Gasteiger partial charge in [0.1, 0.15) is 0 Å². The molecule has 0 aromatic heterocycles. The van der Waals surface area contributed by atoms with E-state index in [-0.39, 0.29) is 6.61 Å². The van der Waals surface area contributed by atoms with Gasteiger partial charge in [-0.2, -0.15) is 0 Å². The highest BCUT2D eigenvalue weighted by atomic mass is 16.3. The maximum absolute atomic E-state index is 9.41. The van der Waals surface area contributed by atoms with Crippen LogP contribution in [-0.4, -0.2) is 29.4 Å². The lowest BCUT2D eigenvalue weighted by atomic mass is 10.1. The van der Waals surface area contributed by atoms with Gasteiger partial charge in [-0.15, -0.1) is 0 Å². The van der Waals surface area contributed by atoms with E-state index in [1.54, 1.807) is 6.92 Å². The summed E-state index contributed by atoms with van der Waals surface area (Å²) >= 11 is 0. The average Bonchev–Trinajstić information content (AvgIpc) is 2.25. The standard InChI is InChI=1S/C13H21NO2/c1-10(2)14(8-9-15)13-6-4-12(5-7-13)11(3)16/h4-7,10-11,15-16H,8-9H2,1-3H3/t11-/m1/s1. The molecule has 0 radical (unpaired) electrons. The Balaban J connectivity index is 2.85. The molecule has 0 saturated carbocycles. The van der Waals surface area contributed by atoms with Crippen LogP contribution in [0, 0.1) is 0 Å². The Labute approximate surface area is 97.3 Å². The van der Waals surface area contributed by atoms with E-state index in [1.165, 1.54) is 0 Å². The lowest BCUT2D eigenvalue weighted by Gasteiger charge is -2.28. The highest BCUT2D eigenvalue weighted by Gasteiger charge is 2.10. The van der Waals surface area contributed by atoms with Gasteiger partial charge in [-0.3, -0.25) is 0 Å². The Hall–Kier alpha value is -1.06. The van der Waals surface area contributed by atoms with Crippen LogP contribution in [0.25, 0.3) is 0 Å². The van der Waals surface area contributed by atoms with Crippen LogP contribution in [-0.2, 0) is 0 Å². The molecule has 1 aromatic rings. The van der Waals surface area contributed by atoms with Gasteiger partial charge in [-0.25, -0.2) is 0 Å². The number of anilines is 1. The number of benzene rings is 1. The first-order valence-electron chi connectivity index (χ1n) is 5.71. The molecule has 0 saturated heterocycles. The van der Waals surface area contributed by atoms with Crippen molar-refractivity contribution >= 4 is 5.69 Å². The highest BCUT2D eigenvalue weighted by Crippen LogP contribution is 2.20. The number of rotatable bonds is 5. The molecule has 0 heterocycles. The summed E-state index contributed by atoms with van der Waals surface area (Å²) < 4.78 is 0. The zero-order valence-electron chi connectivity index (χ0n) is 10.2. The van der Waals surface area contributed by atoms with Gasteiger partial charge in [-0.1, -0.05) is 12.1 Å². The Morgan fingerprint density at radius 2 is 1.69 bits per heavy atom. The molecule has 3 heteroatoms. The topological polar surface area (TPSA) is 43.7 Å². The second-order valence-corrected chi connectivity index (χ2v) is 4.28. The highest BCUT2D eigenvalue weighted by molar-refractivity contribution is 5.48. The second kappa shape index (κ2) is 5.87. The minimum atomic E-state index is -0.431. The number of hydrogen-bond donors (Lipinski definition) is 2. The molecule has 0 bridgehead atoms. The molecule has 1 aromatic carbocycles. The molecular formula is C13H21NO2. The summed E-state index contributed by atoms with van der Waals surface area (Å²) in [5, 5.41) is 18.4. The number of aliphatic hydroxyl groups is 2. The van der Waals surface area contributed by atoms with Gasteiger partial charge in [0.25, 0.3) is 0 Å². The fourth-order valence-corrected chi connectivity index (χ4v) is 1.74. The van der Waals surface area contributed by atoms with Crippen molar-refractivity contribution in [3.63, 3.8) is 0 Å². The fraction of sp³-hybridized carbons (Fsp3) is 0.538. The zero-order valence-corrected chi connectivity index (χ0v) is 10.2. The molecule has 2 N–H and O–H groups in total. The first kappa shape index (κ1) is 13.0. The lowest BCUT2D eigenvalue weighted by Crippen LogP contribution is -2.33. The smallest absolute Gasteiger partial charge is 0.0761 e. The summed E-state index contributed by atoms with van der Waals surface area (Å²) in [5.41, 5.74) is 1.99. The van der Waals surface area contributed by atoms with E-state index < -0.39 is 6.10 Å². The molecule has 3 nitrogen and oxygen atoms in total. The molecule has 0 aliphatic rings. The van der Waals surface area contributed by atoms with Crippen LogP contribution in [0.2, 0.25) is 0 Å². The van der Waals surface area contributed by atoms with E-state index in [0.29, 0.717) is 12.6 Å². The number of nitrogens with zero attached hydrogens (tertiary/aromatic N) is 1. The van der Waals surface area contributed by atoms with Crippen molar-refractivity contribution in [2.45, 2.75) is 32.9 Å². The molecular weight excluding hydrogens is 202 g/mol. The number of hydrogen-bond acceptors (Lipinski definition) is 3. The Bertz CT molecular complexity index is 306. The van der Waals surface area contributed by atoms with Crippen molar-refractivity contribution in [3.05, 3.63) is 29.8 Å². The summed E-state index contributed by atoms with van der Waals surface area (Å²) in [6, 6.07) is 8.17. The van der Waals surface area contributed by atoms with E-state index in [2.05, 4.69) is 18.7 Å². The molecule has 0 unspecified atom stereocenters. The van der Waals surface area contributed by atoms with Crippen molar-refractivity contribution in [2.75, 3.05) is 18.1 Å². The Kier molecular flexibility index (Phi) is 4.77. The summed E-state index contributed by atoms with van der Waals surface area (Å²) in [7, 11) is 0. The van der Waals surface area contributed by atoms with E-state index >= 15 is 0 Å². The molecule has 0 fully saturated rings. The van der Waals surface area contributed by atoms with Crippen LogP contribution in [0.1, 0.15) is 32.4 Å². The van der Waals surface area contributed by atoms with Gasteiger partial charge >= 0.3 is 0 Å². The SMILES string of the molecule is CC(C)N(CCO)c1ccc([C@@H](C)O)cc1. The van der Waals surface area contributed by atoms with Gasteiger partial charge in [0.05, 0.1) is 12.7 Å².